The van der Waals surface area contributed by atoms with E-state index in [1.165, 1.54) is 6.07 Å². The van der Waals surface area contributed by atoms with Crippen LogP contribution >= 0.6 is 69.6 Å². The van der Waals surface area contributed by atoms with Gasteiger partial charge in [0.15, 0.2) is 0 Å². The molecular weight excluding hydrogens is 1090 g/mol. The molecule has 0 aromatic heterocycles. The number of nitrogens with one attached hydrogen (secondary N) is 2. The molecule has 1 aliphatic rings. The van der Waals surface area contributed by atoms with Gasteiger partial charge in [0.1, 0.15) is 12.1 Å². The number of nitrogens with two attached hydrogens (primary N) is 1. The Bertz CT molecular complexity index is 2250. The van der Waals surface area contributed by atoms with E-state index in [9.17, 15) is 36.7 Å². The Morgan fingerprint density at radius 3 is 1.56 bits per heavy atom. The van der Waals surface area contributed by atoms with Crippen LogP contribution in [0.5, 0.6) is 0 Å². The fourth-order valence-electron chi connectivity index (χ4n) is 5.54. The smallest absolute Gasteiger partial charge is 0.368 e. The number of carbonyl (C=O) groups is 3. The van der Waals surface area contributed by atoms with Crippen LogP contribution in [0.2, 0.25) is 0 Å². The van der Waals surface area contributed by atoms with Crippen molar-refractivity contribution < 1.29 is 72.3 Å². The molecule has 0 unspecified atom stereocenters. The Labute approximate surface area is 361 Å². The van der Waals surface area contributed by atoms with Crippen molar-refractivity contribution in [2.45, 2.75) is 48.1 Å². The number of carbonyl (C=O) groups excluding carboxylic acids is 3. The van der Waals surface area contributed by atoms with Gasteiger partial charge in [0, 0.05) is 76.1 Å². The highest BCUT2D eigenvalue weighted by atomic mass is 127. The van der Waals surface area contributed by atoms with Crippen LogP contribution in [0.4, 0.5) is 30.7 Å². The van der Waals surface area contributed by atoms with Gasteiger partial charge in [-0.3, -0.25) is 23.5 Å². The minimum Gasteiger partial charge on any atom is -0.368 e. The number of hydrogen-bond acceptors (Lipinski definition) is 11. The van der Waals surface area contributed by atoms with Crippen LogP contribution in [-0.4, -0.2) is 64.4 Å². The highest BCUT2D eigenvalue weighted by molar-refractivity contribution is 14.1. The summed E-state index contributed by atoms with van der Waals surface area (Å²) in [5, 5.41) is 11.0. The lowest BCUT2D eigenvalue weighted by Crippen LogP contribution is -2.54. The minimum atomic E-state index is -5.03. The zero-order valence-corrected chi connectivity index (χ0v) is 37.7. The highest BCUT2D eigenvalue weighted by Crippen LogP contribution is 2.67. The number of alkyl halides is 7. The highest BCUT2D eigenvalue weighted by Gasteiger charge is 2.65. The van der Waals surface area contributed by atoms with Gasteiger partial charge in [-0.2, -0.15) is 30.7 Å². The standard InChI is InChI=1S/C33H31Br2F7IN5O9P2/c1-54-58(52,55-2)31(36,37)21-7-5-16(9-23(21)34)11-25(27(44)49)45-29(51)26(12-17-6-8-22(24(35)10-17)32(38,39)59(53,56-3)57-4)46-28(50)18-13-19(15-20(43)14-18)30(47-48-30)33(40,41)42/h5-10,13-15,25-26H,11-12H2,1-4H3,(H2,44,49)(H,45,51)(H,46,50)/t25-,26-/m0/s1. The summed E-state index contributed by atoms with van der Waals surface area (Å²) in [4.78, 5) is 40.2. The number of rotatable bonds is 18. The molecule has 0 radical (unpaired) electrons. The largest absolute Gasteiger partial charge is 0.442 e. The lowest BCUT2D eigenvalue weighted by atomic mass is 9.99. The molecule has 1 aliphatic heterocycles. The summed E-state index contributed by atoms with van der Waals surface area (Å²) >= 11 is 7.64. The second kappa shape index (κ2) is 18.3. The maximum absolute atomic E-state index is 15.3. The first-order valence-electron chi connectivity index (χ1n) is 16.3. The van der Waals surface area contributed by atoms with Crippen LogP contribution < -0.4 is 16.4 Å². The molecule has 1 heterocycles. The predicted molar refractivity (Wildman–Crippen MR) is 211 cm³/mol. The Morgan fingerprint density at radius 1 is 0.746 bits per heavy atom. The summed E-state index contributed by atoms with van der Waals surface area (Å²) in [6.07, 6.45) is -5.89. The molecule has 59 heavy (non-hydrogen) atoms. The lowest BCUT2D eigenvalue weighted by molar-refractivity contribution is -0.166. The maximum Gasteiger partial charge on any atom is 0.442 e. The van der Waals surface area contributed by atoms with E-state index in [4.69, 9.17) is 5.73 Å². The third-order valence-electron chi connectivity index (χ3n) is 8.78. The van der Waals surface area contributed by atoms with Gasteiger partial charge in [0.25, 0.3) is 5.91 Å². The Hall–Kier alpha value is -2.83. The topological polar surface area (TPSA) is 197 Å². The fraction of sp³-hybridized carbons (Fsp3) is 0.364. The van der Waals surface area contributed by atoms with Crippen LogP contribution in [0.15, 0.2) is 73.8 Å². The molecule has 3 aromatic rings. The first kappa shape index (κ1) is 48.8. The predicted octanol–water partition coefficient (Wildman–Crippen LogP) is 8.62. The molecule has 0 fully saturated rings. The van der Waals surface area contributed by atoms with Crippen molar-refractivity contribution in [1.29, 1.82) is 0 Å². The number of hydrogen-bond donors (Lipinski definition) is 3. The zero-order valence-electron chi connectivity index (χ0n) is 30.6. The summed E-state index contributed by atoms with van der Waals surface area (Å²) < 4.78 is 145. The van der Waals surface area contributed by atoms with Crippen LogP contribution in [0.3, 0.4) is 0 Å². The molecule has 2 atom stereocenters. The van der Waals surface area contributed by atoms with Crippen LogP contribution in [0.25, 0.3) is 0 Å². The van der Waals surface area contributed by atoms with E-state index in [0.29, 0.717) is 0 Å². The van der Waals surface area contributed by atoms with Crippen LogP contribution in [0.1, 0.15) is 38.2 Å². The number of halogens is 10. The van der Waals surface area contributed by atoms with Gasteiger partial charge < -0.3 is 34.5 Å². The van der Waals surface area contributed by atoms with Gasteiger partial charge in [0.2, 0.25) is 11.8 Å². The van der Waals surface area contributed by atoms with E-state index >= 15 is 17.6 Å². The first-order chi connectivity index (χ1) is 27.3. The zero-order chi connectivity index (χ0) is 44.5. The SMILES string of the molecule is COP(=O)(OC)C(F)(F)c1ccc(C[C@H](NC(=O)[C@H](Cc2ccc(C(F)(F)P(=O)(OC)OC)c(Br)c2)NC(=O)c2cc(I)cc(C3(C(F)(F)F)N=N3)c2)C(N)=O)cc1Br. The number of nitrogens with zero attached hydrogens (tertiary/aromatic N) is 2. The van der Waals surface area contributed by atoms with Crippen molar-refractivity contribution >= 4 is 87.4 Å². The molecule has 0 spiro atoms. The van der Waals surface area contributed by atoms with Crippen LogP contribution in [0, 0.1) is 3.57 Å². The van der Waals surface area contributed by atoms with Crippen molar-refractivity contribution in [3.05, 3.63) is 100 Å². The average molecular weight is 1120 g/mol. The average Bonchev–Trinajstić information content (AvgIpc) is 3.99. The molecule has 3 amide bonds. The molecule has 3 aromatic carbocycles. The van der Waals surface area contributed by atoms with Crippen molar-refractivity contribution in [3.63, 3.8) is 0 Å². The van der Waals surface area contributed by atoms with E-state index in [0.717, 1.165) is 77.0 Å². The van der Waals surface area contributed by atoms with E-state index < -0.39 is 97.7 Å². The Morgan fingerprint density at radius 2 is 1.19 bits per heavy atom. The van der Waals surface area contributed by atoms with E-state index in [1.54, 1.807) is 22.6 Å². The summed E-state index contributed by atoms with van der Waals surface area (Å²) in [5.74, 6) is -3.33. The maximum atomic E-state index is 15.3. The molecule has 0 saturated heterocycles. The molecule has 4 N–H and O–H groups in total. The van der Waals surface area contributed by atoms with Crippen molar-refractivity contribution in [3.8, 4) is 0 Å². The third kappa shape index (κ3) is 9.95. The Kier molecular flexibility index (Phi) is 15.1. The van der Waals surface area contributed by atoms with Crippen LogP contribution in [-0.2, 0) is 66.6 Å². The molecule has 0 bridgehead atoms. The fourth-order valence-corrected chi connectivity index (χ4v) is 10.1. The third-order valence-corrected chi connectivity index (χ3v) is 14.5. The van der Waals surface area contributed by atoms with Gasteiger partial charge in [-0.1, -0.05) is 56.1 Å². The summed E-state index contributed by atoms with van der Waals surface area (Å²) in [5.41, 5.74) is -7.93. The van der Waals surface area contributed by atoms with Crippen molar-refractivity contribution in [1.82, 2.24) is 10.6 Å². The Balaban J connectivity index is 1.69. The first-order valence-corrected chi connectivity index (χ1v) is 22.0. The van der Waals surface area contributed by atoms with Gasteiger partial charge in [-0.15, -0.1) is 10.2 Å². The number of primary amides is 1. The molecule has 26 heteroatoms. The summed E-state index contributed by atoms with van der Waals surface area (Å²) in [6, 6.07) is 6.04. The van der Waals surface area contributed by atoms with Gasteiger partial charge in [-0.25, -0.2) is 0 Å². The van der Waals surface area contributed by atoms with E-state index in [-0.39, 0.29) is 29.2 Å². The van der Waals surface area contributed by atoms with Gasteiger partial charge in [0.05, 0.1) is 0 Å². The minimum absolute atomic E-state index is 0.0805. The van der Waals surface area contributed by atoms with Crippen molar-refractivity contribution in [2.75, 3.05) is 28.4 Å². The lowest BCUT2D eigenvalue weighted by Gasteiger charge is -2.26. The molecule has 4 rings (SSSR count). The van der Waals surface area contributed by atoms with Crippen molar-refractivity contribution in [2.24, 2.45) is 16.0 Å². The number of amides is 3. The second-order valence-corrected chi connectivity index (χ2v) is 20.0. The molecule has 322 valence electrons. The molecule has 14 nitrogen and oxygen atoms in total. The summed E-state index contributed by atoms with van der Waals surface area (Å²) in [7, 11) is -6.94. The normalized spacial score (nSPS) is 15.4. The van der Waals surface area contributed by atoms with Gasteiger partial charge in [-0.05, 0) is 64.0 Å². The van der Waals surface area contributed by atoms with Gasteiger partial charge >= 0.3 is 38.4 Å². The molecular formula is C33H31Br2F7IN5O9P2. The van der Waals surface area contributed by atoms with E-state index in [2.05, 4.69) is 70.8 Å². The number of benzene rings is 3. The molecule has 0 saturated carbocycles. The summed E-state index contributed by atoms with van der Waals surface area (Å²) in [6.45, 7) is 0. The monoisotopic (exact) mass is 1120 g/mol. The second-order valence-electron chi connectivity index (χ2n) is 12.4. The quantitative estimate of drug-likeness (QED) is 0.0635. The molecule has 0 aliphatic carbocycles. The van der Waals surface area contributed by atoms with E-state index in [1.807, 2.05) is 0 Å².